The van der Waals surface area contributed by atoms with Crippen molar-refractivity contribution in [3.05, 3.63) is 36.3 Å². The molecule has 2 heterocycles. The second-order valence-electron chi connectivity index (χ2n) is 5.12. The van der Waals surface area contributed by atoms with Crippen LogP contribution in [0.5, 0.6) is 0 Å². The van der Waals surface area contributed by atoms with Crippen LogP contribution in [-0.4, -0.2) is 21.7 Å². The average molecular weight is 242 g/mol. The lowest BCUT2D eigenvalue weighted by molar-refractivity contribution is 0.612. The van der Waals surface area contributed by atoms with E-state index in [4.69, 9.17) is 0 Å². The molecule has 1 aliphatic carbocycles. The minimum Gasteiger partial charge on any atom is -0.312 e. The van der Waals surface area contributed by atoms with Crippen molar-refractivity contribution >= 4 is 0 Å². The Morgan fingerprint density at radius 2 is 2.33 bits per heavy atom. The number of hydrogen-bond donors (Lipinski definition) is 2. The lowest BCUT2D eigenvalue weighted by Crippen LogP contribution is -2.16. The summed E-state index contributed by atoms with van der Waals surface area (Å²) in [4.78, 5) is 4.14. The molecule has 18 heavy (non-hydrogen) atoms. The Kier molecular flexibility index (Phi) is 3.11. The summed E-state index contributed by atoms with van der Waals surface area (Å²) in [5.74, 6) is 1.78. The number of aromatic nitrogens is 3. The molecule has 0 radical (unpaired) electrons. The maximum atomic E-state index is 4.14. The molecule has 2 aromatic heterocycles. The minimum atomic E-state index is 0.865. The van der Waals surface area contributed by atoms with Gasteiger partial charge >= 0.3 is 0 Å². The quantitative estimate of drug-likeness (QED) is 0.845. The van der Waals surface area contributed by atoms with E-state index in [1.807, 2.05) is 24.5 Å². The lowest BCUT2D eigenvalue weighted by Gasteiger charge is -2.05. The Bertz CT molecular complexity index is 506. The van der Waals surface area contributed by atoms with Crippen molar-refractivity contribution in [2.75, 3.05) is 6.54 Å². The monoisotopic (exact) mass is 242 g/mol. The minimum absolute atomic E-state index is 0.865. The van der Waals surface area contributed by atoms with Crippen molar-refractivity contribution in [1.29, 1.82) is 0 Å². The molecule has 0 aliphatic heterocycles. The van der Waals surface area contributed by atoms with E-state index in [0.29, 0.717) is 0 Å². The summed E-state index contributed by atoms with van der Waals surface area (Å²) in [6, 6.07) is 3.99. The van der Waals surface area contributed by atoms with E-state index >= 15 is 0 Å². The first-order valence-corrected chi connectivity index (χ1v) is 6.48. The van der Waals surface area contributed by atoms with Gasteiger partial charge in [0, 0.05) is 30.1 Å². The zero-order chi connectivity index (χ0) is 12.4. The van der Waals surface area contributed by atoms with Gasteiger partial charge in [0.25, 0.3) is 0 Å². The Balaban J connectivity index is 1.64. The third-order valence-corrected chi connectivity index (χ3v) is 3.67. The zero-order valence-electron chi connectivity index (χ0n) is 10.6. The van der Waals surface area contributed by atoms with Gasteiger partial charge in [0.05, 0.1) is 11.9 Å². The molecule has 1 aliphatic rings. The number of aromatic amines is 1. The van der Waals surface area contributed by atoms with Gasteiger partial charge in [-0.2, -0.15) is 5.10 Å². The second-order valence-corrected chi connectivity index (χ2v) is 5.12. The van der Waals surface area contributed by atoms with Crippen LogP contribution in [0.2, 0.25) is 0 Å². The van der Waals surface area contributed by atoms with Gasteiger partial charge in [-0.05, 0) is 36.9 Å². The van der Waals surface area contributed by atoms with Gasteiger partial charge in [0.2, 0.25) is 0 Å². The smallest absolute Gasteiger partial charge is 0.0710 e. The van der Waals surface area contributed by atoms with Crippen molar-refractivity contribution in [3.8, 4) is 11.3 Å². The summed E-state index contributed by atoms with van der Waals surface area (Å²) in [5.41, 5.74) is 3.36. The Morgan fingerprint density at radius 1 is 1.44 bits per heavy atom. The normalized spacial score (nSPS) is 22.1. The van der Waals surface area contributed by atoms with E-state index in [0.717, 1.165) is 36.2 Å². The van der Waals surface area contributed by atoms with Crippen LogP contribution >= 0.6 is 0 Å². The SMILES string of the molecule is CC1CC1CNCc1cn[nH]c1-c1cccnc1. The van der Waals surface area contributed by atoms with Gasteiger partial charge in [-0.25, -0.2) is 0 Å². The Morgan fingerprint density at radius 3 is 3.06 bits per heavy atom. The first kappa shape index (κ1) is 11.4. The third-order valence-electron chi connectivity index (χ3n) is 3.67. The van der Waals surface area contributed by atoms with Crippen LogP contribution in [0.15, 0.2) is 30.7 Å². The maximum Gasteiger partial charge on any atom is 0.0710 e. The van der Waals surface area contributed by atoms with Gasteiger partial charge in [-0.15, -0.1) is 0 Å². The molecule has 2 unspecified atom stereocenters. The fraction of sp³-hybridized carbons (Fsp3) is 0.429. The summed E-state index contributed by atoms with van der Waals surface area (Å²) in [5, 5.41) is 10.7. The highest BCUT2D eigenvalue weighted by atomic mass is 15.1. The Hall–Kier alpha value is -1.68. The topological polar surface area (TPSA) is 53.6 Å². The predicted octanol–water partition coefficient (Wildman–Crippen LogP) is 2.22. The van der Waals surface area contributed by atoms with Crippen LogP contribution in [0.4, 0.5) is 0 Å². The first-order chi connectivity index (χ1) is 8.84. The van der Waals surface area contributed by atoms with Gasteiger partial charge in [0.15, 0.2) is 0 Å². The molecule has 4 nitrogen and oxygen atoms in total. The van der Waals surface area contributed by atoms with Gasteiger partial charge in [-0.3, -0.25) is 10.1 Å². The summed E-state index contributed by atoms with van der Waals surface area (Å²) in [6.07, 6.45) is 6.91. The number of nitrogens with one attached hydrogen (secondary N) is 2. The highest BCUT2D eigenvalue weighted by molar-refractivity contribution is 5.61. The summed E-state index contributed by atoms with van der Waals surface area (Å²) >= 11 is 0. The van der Waals surface area contributed by atoms with E-state index in [1.54, 1.807) is 6.20 Å². The molecule has 0 spiro atoms. The van der Waals surface area contributed by atoms with Crippen LogP contribution in [0.1, 0.15) is 18.9 Å². The molecule has 1 fully saturated rings. The molecular weight excluding hydrogens is 224 g/mol. The average Bonchev–Trinajstić information content (AvgIpc) is 2.92. The molecule has 0 bridgehead atoms. The van der Waals surface area contributed by atoms with Crippen LogP contribution in [0.25, 0.3) is 11.3 Å². The van der Waals surface area contributed by atoms with E-state index in [-0.39, 0.29) is 0 Å². The number of rotatable bonds is 5. The van der Waals surface area contributed by atoms with E-state index < -0.39 is 0 Å². The van der Waals surface area contributed by atoms with Gasteiger partial charge in [0.1, 0.15) is 0 Å². The van der Waals surface area contributed by atoms with Gasteiger partial charge in [-0.1, -0.05) is 6.92 Å². The molecule has 0 amide bonds. The van der Waals surface area contributed by atoms with E-state index in [1.165, 1.54) is 12.0 Å². The van der Waals surface area contributed by atoms with Gasteiger partial charge < -0.3 is 5.32 Å². The fourth-order valence-corrected chi connectivity index (χ4v) is 2.28. The predicted molar refractivity (Wildman–Crippen MR) is 70.8 cm³/mol. The van der Waals surface area contributed by atoms with E-state index in [9.17, 15) is 0 Å². The maximum absolute atomic E-state index is 4.14. The van der Waals surface area contributed by atoms with Crippen LogP contribution < -0.4 is 5.32 Å². The number of hydrogen-bond acceptors (Lipinski definition) is 3. The molecule has 2 aromatic rings. The first-order valence-electron chi connectivity index (χ1n) is 6.48. The van der Waals surface area contributed by atoms with Crippen LogP contribution in [0.3, 0.4) is 0 Å². The summed E-state index contributed by atoms with van der Waals surface area (Å²) in [7, 11) is 0. The number of nitrogens with zero attached hydrogens (tertiary/aromatic N) is 2. The molecule has 94 valence electrons. The molecule has 0 aromatic carbocycles. The zero-order valence-corrected chi connectivity index (χ0v) is 10.6. The number of pyridine rings is 1. The van der Waals surface area contributed by atoms with Crippen molar-refractivity contribution in [2.45, 2.75) is 19.9 Å². The molecular formula is C14H18N4. The Labute approximate surface area is 107 Å². The van der Waals surface area contributed by atoms with Crippen LogP contribution in [-0.2, 0) is 6.54 Å². The number of H-pyrrole nitrogens is 1. The molecule has 3 rings (SSSR count). The molecule has 1 saturated carbocycles. The summed E-state index contributed by atoms with van der Waals surface area (Å²) in [6.45, 7) is 4.29. The van der Waals surface area contributed by atoms with Crippen LogP contribution in [0, 0.1) is 11.8 Å². The molecule has 2 N–H and O–H groups in total. The largest absolute Gasteiger partial charge is 0.312 e. The summed E-state index contributed by atoms with van der Waals surface area (Å²) < 4.78 is 0. The molecule has 0 saturated heterocycles. The highest BCUT2D eigenvalue weighted by Gasteiger charge is 2.31. The fourth-order valence-electron chi connectivity index (χ4n) is 2.28. The third kappa shape index (κ3) is 2.43. The van der Waals surface area contributed by atoms with Crippen molar-refractivity contribution < 1.29 is 0 Å². The van der Waals surface area contributed by atoms with Crippen molar-refractivity contribution in [3.63, 3.8) is 0 Å². The van der Waals surface area contributed by atoms with Crippen molar-refractivity contribution in [2.24, 2.45) is 11.8 Å². The van der Waals surface area contributed by atoms with Crippen molar-refractivity contribution in [1.82, 2.24) is 20.5 Å². The lowest BCUT2D eigenvalue weighted by atomic mass is 10.1. The molecule has 2 atom stereocenters. The highest BCUT2D eigenvalue weighted by Crippen LogP contribution is 2.36. The molecule has 4 heteroatoms. The standard InChI is InChI=1S/C14H18N4/c1-10-5-12(10)7-16-8-13-9-17-18-14(13)11-3-2-4-15-6-11/h2-4,6,9-10,12,16H,5,7-8H2,1H3,(H,17,18). The van der Waals surface area contributed by atoms with E-state index in [2.05, 4.69) is 27.4 Å². The second kappa shape index (κ2) is 4.90.